The number of aromatic nitrogens is 2. The van der Waals surface area contributed by atoms with E-state index in [1.807, 2.05) is 20.8 Å². The van der Waals surface area contributed by atoms with Crippen molar-refractivity contribution in [3.05, 3.63) is 18.5 Å². The summed E-state index contributed by atoms with van der Waals surface area (Å²) in [6.07, 6.45) is 1.65. The van der Waals surface area contributed by atoms with Crippen LogP contribution in [-0.4, -0.2) is 33.5 Å². The lowest BCUT2D eigenvalue weighted by Crippen LogP contribution is -2.29. The van der Waals surface area contributed by atoms with Crippen LogP contribution >= 0.6 is 11.5 Å². The lowest BCUT2D eigenvalue weighted by Gasteiger charge is -2.17. The van der Waals surface area contributed by atoms with Crippen molar-refractivity contribution < 1.29 is 9.90 Å². The summed E-state index contributed by atoms with van der Waals surface area (Å²) in [5.74, 6) is -0.156. The quantitative estimate of drug-likeness (QED) is 0.814. The number of aliphatic carboxylic acids is 1. The molecule has 94 valence electrons. The summed E-state index contributed by atoms with van der Waals surface area (Å²) in [5, 5.41) is 9.44. The largest absolute Gasteiger partial charge is 0.480 e. The van der Waals surface area contributed by atoms with E-state index in [2.05, 4.69) is 15.9 Å². The van der Waals surface area contributed by atoms with Crippen LogP contribution in [0, 0.1) is 0 Å². The van der Waals surface area contributed by atoms with Gasteiger partial charge in [-0.1, -0.05) is 26.8 Å². The van der Waals surface area contributed by atoms with Crippen LogP contribution in [0.2, 0.25) is 0 Å². The Kier molecular flexibility index (Phi) is 4.22. The molecule has 0 amide bonds. The summed E-state index contributed by atoms with van der Waals surface area (Å²) in [6, 6.07) is 0. The Bertz CT molecular complexity index is 409. The Balaban J connectivity index is 2.91. The summed E-state index contributed by atoms with van der Waals surface area (Å²) < 4.78 is 4.26. The van der Waals surface area contributed by atoms with E-state index in [9.17, 15) is 4.79 Å². The smallest absolute Gasteiger partial charge is 0.323 e. The van der Waals surface area contributed by atoms with E-state index >= 15 is 0 Å². The highest BCUT2D eigenvalue weighted by Gasteiger charge is 2.22. The van der Waals surface area contributed by atoms with Gasteiger partial charge in [-0.15, -0.1) is 6.58 Å². The number of hydrogen-bond acceptors (Lipinski definition) is 5. The van der Waals surface area contributed by atoms with Crippen molar-refractivity contribution >= 4 is 22.6 Å². The number of carbonyl (C=O) groups is 1. The summed E-state index contributed by atoms with van der Waals surface area (Å²) in [6.45, 7) is 10.0. The third kappa shape index (κ3) is 3.81. The number of carboxylic acids is 1. The Labute approximate surface area is 105 Å². The first-order chi connectivity index (χ1) is 7.84. The van der Waals surface area contributed by atoms with Crippen molar-refractivity contribution in [2.45, 2.75) is 26.2 Å². The second kappa shape index (κ2) is 5.27. The number of hydrogen-bond donors (Lipinski definition) is 1. The van der Waals surface area contributed by atoms with E-state index in [1.165, 1.54) is 11.5 Å². The second-order valence-corrected chi connectivity index (χ2v) is 5.44. The van der Waals surface area contributed by atoms with E-state index < -0.39 is 5.97 Å². The molecule has 1 rings (SSSR count). The van der Waals surface area contributed by atoms with Gasteiger partial charge in [-0.3, -0.25) is 4.79 Å². The third-order valence-electron chi connectivity index (χ3n) is 2.03. The first-order valence-corrected chi connectivity index (χ1v) is 6.03. The number of carboxylic acid groups (broad SMARTS) is 1. The summed E-state index contributed by atoms with van der Waals surface area (Å²) >= 11 is 1.22. The molecule has 0 atom stereocenters. The van der Waals surface area contributed by atoms with Crippen LogP contribution < -0.4 is 4.90 Å². The Morgan fingerprint density at radius 2 is 2.24 bits per heavy atom. The van der Waals surface area contributed by atoms with Crippen molar-refractivity contribution in [3.63, 3.8) is 0 Å². The van der Waals surface area contributed by atoms with Gasteiger partial charge in [0.15, 0.2) is 0 Å². The second-order valence-electron chi connectivity index (χ2n) is 4.71. The molecule has 0 aliphatic rings. The molecule has 0 radical (unpaired) electrons. The monoisotopic (exact) mass is 255 g/mol. The number of nitrogens with zero attached hydrogens (tertiary/aromatic N) is 3. The minimum atomic E-state index is -0.889. The topological polar surface area (TPSA) is 66.3 Å². The van der Waals surface area contributed by atoms with Crippen molar-refractivity contribution in [2.75, 3.05) is 18.0 Å². The lowest BCUT2D eigenvalue weighted by atomic mass is 9.96. The molecule has 5 nitrogen and oxygen atoms in total. The van der Waals surface area contributed by atoms with Crippen LogP contribution in [0.4, 0.5) is 5.13 Å². The Hall–Kier alpha value is -1.43. The number of rotatable bonds is 5. The molecule has 0 saturated heterocycles. The van der Waals surface area contributed by atoms with Crippen LogP contribution in [0.3, 0.4) is 0 Å². The fourth-order valence-corrected chi connectivity index (χ4v) is 2.04. The fraction of sp³-hybridized carbons (Fsp3) is 0.545. The molecule has 1 aromatic rings. The Morgan fingerprint density at radius 3 is 2.65 bits per heavy atom. The van der Waals surface area contributed by atoms with Gasteiger partial charge in [0.1, 0.15) is 12.4 Å². The minimum Gasteiger partial charge on any atom is -0.480 e. The zero-order chi connectivity index (χ0) is 13.1. The van der Waals surface area contributed by atoms with Gasteiger partial charge in [-0.2, -0.15) is 4.37 Å². The van der Waals surface area contributed by atoms with Gasteiger partial charge in [0, 0.05) is 23.5 Å². The highest BCUT2D eigenvalue weighted by atomic mass is 32.1. The van der Waals surface area contributed by atoms with E-state index in [0.717, 1.165) is 5.82 Å². The lowest BCUT2D eigenvalue weighted by molar-refractivity contribution is -0.135. The maximum atomic E-state index is 10.7. The van der Waals surface area contributed by atoms with E-state index in [1.54, 1.807) is 11.0 Å². The molecule has 0 aliphatic carbocycles. The molecular formula is C11H17N3O2S. The van der Waals surface area contributed by atoms with Crippen LogP contribution in [0.25, 0.3) is 0 Å². The van der Waals surface area contributed by atoms with Gasteiger partial charge in [-0.05, 0) is 0 Å². The SMILES string of the molecule is C=CCN(CC(=O)O)c1nc(C(C)(C)C)ns1. The van der Waals surface area contributed by atoms with Crippen molar-refractivity contribution in [1.82, 2.24) is 9.36 Å². The highest BCUT2D eigenvalue weighted by Crippen LogP contribution is 2.25. The van der Waals surface area contributed by atoms with Gasteiger partial charge < -0.3 is 10.0 Å². The van der Waals surface area contributed by atoms with Gasteiger partial charge in [-0.25, -0.2) is 4.98 Å². The predicted molar refractivity (Wildman–Crippen MR) is 68.7 cm³/mol. The molecule has 0 aliphatic heterocycles. The van der Waals surface area contributed by atoms with Crippen LogP contribution in [-0.2, 0) is 10.2 Å². The molecule has 0 bridgehead atoms. The van der Waals surface area contributed by atoms with Crippen LogP contribution in [0.1, 0.15) is 26.6 Å². The zero-order valence-electron chi connectivity index (χ0n) is 10.3. The maximum Gasteiger partial charge on any atom is 0.323 e. The molecule has 0 saturated carbocycles. The third-order valence-corrected chi connectivity index (χ3v) is 2.81. The van der Waals surface area contributed by atoms with Gasteiger partial charge in [0.25, 0.3) is 0 Å². The molecule has 0 aromatic carbocycles. The fourth-order valence-electron chi connectivity index (χ4n) is 1.18. The van der Waals surface area contributed by atoms with Gasteiger partial charge in [0.05, 0.1) is 0 Å². The first-order valence-electron chi connectivity index (χ1n) is 5.26. The molecule has 0 fully saturated rings. The van der Waals surface area contributed by atoms with Crippen LogP contribution in [0.5, 0.6) is 0 Å². The first kappa shape index (κ1) is 13.6. The zero-order valence-corrected chi connectivity index (χ0v) is 11.1. The maximum absolute atomic E-state index is 10.7. The van der Waals surface area contributed by atoms with Gasteiger partial charge in [0.2, 0.25) is 5.13 Å². The van der Waals surface area contributed by atoms with Gasteiger partial charge >= 0.3 is 5.97 Å². The number of anilines is 1. The molecule has 1 aromatic heterocycles. The van der Waals surface area contributed by atoms with Crippen molar-refractivity contribution in [2.24, 2.45) is 0 Å². The van der Waals surface area contributed by atoms with E-state index in [4.69, 9.17) is 5.11 Å². The normalized spacial score (nSPS) is 11.2. The van der Waals surface area contributed by atoms with E-state index in [0.29, 0.717) is 11.7 Å². The van der Waals surface area contributed by atoms with Crippen molar-refractivity contribution in [3.8, 4) is 0 Å². The highest BCUT2D eigenvalue weighted by molar-refractivity contribution is 7.09. The molecular weight excluding hydrogens is 238 g/mol. The summed E-state index contributed by atoms with van der Waals surface area (Å²) in [7, 11) is 0. The van der Waals surface area contributed by atoms with E-state index in [-0.39, 0.29) is 12.0 Å². The average molecular weight is 255 g/mol. The summed E-state index contributed by atoms with van der Waals surface area (Å²) in [5.41, 5.74) is -0.127. The average Bonchev–Trinajstić information content (AvgIpc) is 2.64. The molecule has 1 N–H and O–H groups in total. The standard InChI is InChI=1S/C11H17N3O2S/c1-5-6-14(7-8(15)16)10-12-9(13-17-10)11(2,3)4/h5H,1,6-7H2,2-4H3,(H,15,16). The molecule has 0 spiro atoms. The molecule has 1 heterocycles. The Morgan fingerprint density at radius 1 is 1.59 bits per heavy atom. The molecule has 17 heavy (non-hydrogen) atoms. The molecule has 6 heteroatoms. The minimum absolute atomic E-state index is 0.0925. The predicted octanol–water partition coefficient (Wildman–Crippen LogP) is 1.91. The van der Waals surface area contributed by atoms with Crippen molar-refractivity contribution in [1.29, 1.82) is 0 Å². The van der Waals surface area contributed by atoms with Crippen LogP contribution in [0.15, 0.2) is 12.7 Å². The summed E-state index contributed by atoms with van der Waals surface area (Å²) in [4.78, 5) is 16.8. The molecule has 0 unspecified atom stereocenters.